The molecule has 0 fully saturated rings. The van der Waals surface area contributed by atoms with Gasteiger partial charge in [-0.25, -0.2) is 0 Å². The van der Waals surface area contributed by atoms with Crippen LogP contribution in [-0.2, 0) is 20.5 Å². The number of phenolic OH excluding ortho intramolecular Hbond substituents is 1. The molecule has 145 valence electrons. The molecule has 0 amide bonds. The molecule has 0 bridgehead atoms. The molecule has 2 aromatic carbocycles. The summed E-state index contributed by atoms with van der Waals surface area (Å²) < 4.78 is 30.5. The van der Waals surface area contributed by atoms with Crippen LogP contribution in [0.15, 0.2) is 30.3 Å². The van der Waals surface area contributed by atoms with Crippen molar-refractivity contribution in [3.8, 4) is 11.5 Å². The monoisotopic (exact) mass is 410 g/mol. The van der Waals surface area contributed by atoms with Crippen LogP contribution in [0.3, 0.4) is 0 Å². The summed E-state index contributed by atoms with van der Waals surface area (Å²) in [7, 11) is -7.01. The van der Waals surface area contributed by atoms with Gasteiger partial charge in [-0.3, -0.25) is 4.57 Å². The van der Waals surface area contributed by atoms with Crippen molar-refractivity contribution >= 4 is 29.6 Å². The van der Waals surface area contributed by atoms with Gasteiger partial charge in [0, 0.05) is 0 Å². The number of rotatable bonds is 7. The van der Waals surface area contributed by atoms with Crippen LogP contribution in [-0.4, -0.2) is 38.4 Å². The molecule has 7 nitrogen and oxygen atoms in total. The maximum atomic E-state index is 11.7. The van der Waals surface area contributed by atoms with E-state index in [1.165, 1.54) is 12.3 Å². The summed E-state index contributed by atoms with van der Waals surface area (Å²) in [5.41, 5.74) is 3.97. The Balaban J connectivity index is 2.27. The molecule has 0 aliphatic heterocycles. The van der Waals surface area contributed by atoms with E-state index in [0.717, 1.165) is 22.3 Å². The van der Waals surface area contributed by atoms with Gasteiger partial charge in [-0.05, 0) is 0 Å². The molecule has 0 aliphatic carbocycles. The summed E-state index contributed by atoms with van der Waals surface area (Å²) in [6.45, 7) is 9.26. The molecule has 1 unspecified atom stereocenters. The summed E-state index contributed by atoms with van der Waals surface area (Å²) in [5, 5.41) is 9.91. The Labute approximate surface area is 160 Å². The van der Waals surface area contributed by atoms with Gasteiger partial charge in [-0.1, -0.05) is 0 Å². The zero-order valence-corrected chi connectivity index (χ0v) is 17.0. The van der Waals surface area contributed by atoms with Crippen molar-refractivity contribution in [2.24, 2.45) is 0 Å². The predicted octanol–water partition coefficient (Wildman–Crippen LogP) is 2.44. The second-order valence-electron chi connectivity index (χ2n) is 6.51. The second kappa shape index (κ2) is 8.06. The van der Waals surface area contributed by atoms with E-state index in [1.807, 2.05) is 13.8 Å². The van der Waals surface area contributed by atoms with Crippen molar-refractivity contribution in [3.05, 3.63) is 52.6 Å². The van der Waals surface area contributed by atoms with Crippen LogP contribution in [0.5, 0.6) is 11.5 Å². The number of phenols is 1. The van der Waals surface area contributed by atoms with Crippen LogP contribution in [0.1, 0.15) is 22.3 Å². The first kappa shape index (κ1) is 21.5. The molecular formula is C17H22BNO6PS. The number of ether oxygens (including phenoxy) is 1. The maximum absolute atomic E-state index is 11.7. The Morgan fingerprint density at radius 2 is 1.78 bits per heavy atom. The average molecular weight is 410 g/mol. The Bertz CT molecular complexity index is 979. The molecule has 0 saturated heterocycles. The second-order valence-corrected chi connectivity index (χ2v) is 10.1. The Morgan fingerprint density at radius 3 is 2.30 bits per heavy atom. The average Bonchev–Trinajstić information content (AvgIpc) is 2.50. The molecule has 0 aromatic heterocycles. The SMILES string of the molecule is [B]=S(C)(=O)Nc1cc(Cc2c(C)cc(OCP(=O)(O)O)cc2C)ccc1O. The topological polar surface area (TPSA) is 116 Å². The van der Waals surface area contributed by atoms with Crippen LogP contribution in [0.4, 0.5) is 5.69 Å². The number of hydrogen-bond acceptors (Lipinski definition) is 4. The van der Waals surface area contributed by atoms with E-state index in [2.05, 4.69) is 4.72 Å². The fourth-order valence-corrected chi connectivity index (χ4v) is 3.59. The molecule has 0 heterocycles. The van der Waals surface area contributed by atoms with Gasteiger partial charge < -0.3 is 9.79 Å². The first-order valence-corrected chi connectivity index (χ1v) is 11.8. The van der Waals surface area contributed by atoms with Crippen LogP contribution in [0.2, 0.25) is 0 Å². The first-order valence-electron chi connectivity index (χ1n) is 7.98. The molecule has 2 aromatic rings. The molecule has 0 spiro atoms. The van der Waals surface area contributed by atoms with Crippen molar-refractivity contribution in [2.75, 3.05) is 17.3 Å². The summed E-state index contributed by atoms with van der Waals surface area (Å²) in [6.07, 6.45) is 1.21. The summed E-state index contributed by atoms with van der Waals surface area (Å²) in [4.78, 5) is 17.9. The van der Waals surface area contributed by atoms with Crippen molar-refractivity contribution < 1.29 is 28.4 Å². The zero-order valence-electron chi connectivity index (χ0n) is 15.3. The van der Waals surface area contributed by atoms with Crippen molar-refractivity contribution in [1.29, 1.82) is 0 Å². The molecule has 10 heteroatoms. The number of aromatic hydroxyl groups is 1. The number of nitrogens with one attached hydrogen (secondary N) is 1. The number of anilines is 1. The zero-order chi connectivity index (χ0) is 20.4. The van der Waals surface area contributed by atoms with E-state index in [0.29, 0.717) is 17.9 Å². The normalized spacial score (nSPS) is 13.8. The quantitative estimate of drug-likeness (QED) is 0.317. The first-order chi connectivity index (χ1) is 12.3. The van der Waals surface area contributed by atoms with Gasteiger partial charge in [0.2, 0.25) is 0 Å². The van der Waals surface area contributed by atoms with Crippen LogP contribution >= 0.6 is 7.60 Å². The standard InChI is InChI=1S/C17H22BNO6PS/c1-11-6-14(25-10-26(21,22)23)7-12(2)15(11)8-13-4-5-17(20)16(9-13)19-27(3,18)24/h4-7,9,20H,8,10H2,1-3H3,(H,19,24)(H2,21,22,23). The Kier molecular flexibility index (Phi) is 6.42. The van der Waals surface area contributed by atoms with Gasteiger partial charge in [0.15, 0.2) is 0 Å². The van der Waals surface area contributed by atoms with Crippen LogP contribution in [0.25, 0.3) is 0 Å². The third kappa shape index (κ3) is 6.70. The van der Waals surface area contributed by atoms with Crippen LogP contribution in [0, 0.1) is 13.8 Å². The van der Waals surface area contributed by atoms with E-state index in [-0.39, 0.29) is 5.75 Å². The third-order valence-electron chi connectivity index (χ3n) is 3.82. The minimum absolute atomic E-state index is 0.0478. The molecular weight excluding hydrogens is 388 g/mol. The van der Waals surface area contributed by atoms with Gasteiger partial charge in [-0.15, -0.1) is 0 Å². The van der Waals surface area contributed by atoms with Crippen molar-refractivity contribution in [2.45, 2.75) is 20.3 Å². The fourth-order valence-electron chi connectivity index (χ4n) is 2.67. The predicted molar refractivity (Wildman–Crippen MR) is 108 cm³/mol. The van der Waals surface area contributed by atoms with Gasteiger partial charge in [0.1, 0.15) is 0 Å². The molecule has 2 rings (SSSR count). The van der Waals surface area contributed by atoms with Gasteiger partial charge >= 0.3 is 145 Å². The van der Waals surface area contributed by atoms with Crippen molar-refractivity contribution in [3.63, 3.8) is 0 Å². The summed E-state index contributed by atoms with van der Waals surface area (Å²) >= 11 is 0. The van der Waals surface area contributed by atoms with Gasteiger partial charge in [0.25, 0.3) is 0 Å². The number of hydrogen-bond donors (Lipinski definition) is 4. The van der Waals surface area contributed by atoms with E-state index in [9.17, 15) is 13.9 Å². The molecule has 1 radical (unpaired) electrons. The van der Waals surface area contributed by atoms with Crippen molar-refractivity contribution in [1.82, 2.24) is 0 Å². The van der Waals surface area contributed by atoms with E-state index < -0.39 is 23.5 Å². The van der Waals surface area contributed by atoms with Gasteiger partial charge in [0.05, 0.1) is 0 Å². The van der Waals surface area contributed by atoms with E-state index in [1.54, 1.807) is 24.3 Å². The van der Waals surface area contributed by atoms with E-state index >= 15 is 0 Å². The minimum atomic E-state index is -4.24. The number of benzene rings is 2. The summed E-state index contributed by atoms with van der Waals surface area (Å²) in [6, 6.07) is 8.38. The molecule has 1 atom stereocenters. The van der Waals surface area contributed by atoms with E-state index in [4.69, 9.17) is 21.2 Å². The Morgan fingerprint density at radius 1 is 1.19 bits per heavy atom. The molecule has 27 heavy (non-hydrogen) atoms. The number of aryl methyl sites for hydroxylation is 2. The van der Waals surface area contributed by atoms with Crippen LogP contribution < -0.4 is 9.46 Å². The van der Waals surface area contributed by atoms with Gasteiger partial charge in [-0.2, -0.15) is 0 Å². The molecule has 0 aliphatic rings. The molecule has 4 N–H and O–H groups in total. The fraction of sp³-hybridized carbons (Fsp3) is 0.294. The summed E-state index contributed by atoms with van der Waals surface area (Å²) in [5.74, 6) is 0.340. The molecule has 0 saturated carbocycles. The Hall–Kier alpha value is -1.80. The third-order valence-corrected chi connectivity index (χ3v) is 4.91.